The second kappa shape index (κ2) is 12.2. The van der Waals surface area contributed by atoms with Crippen molar-refractivity contribution < 1.29 is 23.2 Å². The van der Waals surface area contributed by atoms with E-state index in [1.54, 1.807) is 24.5 Å². The Morgan fingerprint density at radius 3 is 2.50 bits per heavy atom. The predicted octanol–water partition coefficient (Wildman–Crippen LogP) is 2.22. The maximum atomic E-state index is 12.6. The molecule has 0 aliphatic heterocycles. The maximum absolute atomic E-state index is 12.6. The van der Waals surface area contributed by atoms with Crippen molar-refractivity contribution in [2.75, 3.05) is 18.2 Å². The van der Waals surface area contributed by atoms with Crippen molar-refractivity contribution in [3.8, 4) is 17.6 Å². The van der Waals surface area contributed by atoms with Crippen LogP contribution >= 0.6 is 11.8 Å². The molecule has 0 aliphatic carbocycles. The van der Waals surface area contributed by atoms with E-state index in [1.807, 2.05) is 30.3 Å². The molecule has 0 saturated heterocycles. The number of carbonyl (C=O) groups excluding carboxylic acids is 1. The Morgan fingerprint density at radius 1 is 1.17 bits per heavy atom. The van der Waals surface area contributed by atoms with Crippen LogP contribution in [0.3, 0.4) is 0 Å². The highest BCUT2D eigenvalue weighted by molar-refractivity contribution is 7.98. The molecule has 160 valence electrons. The van der Waals surface area contributed by atoms with Crippen molar-refractivity contribution in [3.63, 3.8) is 0 Å². The third-order valence-electron chi connectivity index (χ3n) is 4.01. The summed E-state index contributed by atoms with van der Waals surface area (Å²) in [7, 11) is -3.68. The van der Waals surface area contributed by atoms with Crippen LogP contribution in [0.25, 0.3) is 0 Å². The molecule has 0 bridgehead atoms. The van der Waals surface area contributed by atoms with E-state index >= 15 is 0 Å². The summed E-state index contributed by atoms with van der Waals surface area (Å²) in [4.78, 5) is 12.0. The van der Waals surface area contributed by atoms with Crippen LogP contribution in [0, 0.1) is 11.8 Å². The molecule has 1 atom stereocenters. The van der Waals surface area contributed by atoms with E-state index in [2.05, 4.69) is 17.2 Å². The van der Waals surface area contributed by atoms with E-state index in [4.69, 9.17) is 9.94 Å². The molecule has 0 aliphatic rings. The van der Waals surface area contributed by atoms with Gasteiger partial charge in [-0.15, -0.1) is 5.92 Å². The number of nitrogens with one attached hydrogen (secondary N) is 2. The maximum Gasteiger partial charge on any atom is 0.261 e. The van der Waals surface area contributed by atoms with Crippen molar-refractivity contribution >= 4 is 27.5 Å². The van der Waals surface area contributed by atoms with Gasteiger partial charge in [0.1, 0.15) is 18.2 Å². The van der Waals surface area contributed by atoms with Gasteiger partial charge in [0.25, 0.3) is 5.91 Å². The molecule has 0 fully saturated rings. The van der Waals surface area contributed by atoms with Gasteiger partial charge in [0.15, 0.2) is 9.84 Å². The molecule has 0 aromatic heterocycles. The standard InChI is InChI=1S/C21H24N2O5S2/c1-2-3-13-28-18-9-11-19(12-10-18)30(26,27)16-22-20(21(24)23-25)15-29-14-17-7-5-4-6-8-17/h4-12,20,22,25H,13-16H2,1H3,(H,23,24). The molecule has 0 heterocycles. The molecule has 2 aromatic rings. The average molecular weight is 449 g/mol. The number of sulfone groups is 1. The lowest BCUT2D eigenvalue weighted by Crippen LogP contribution is -2.46. The summed E-state index contributed by atoms with van der Waals surface area (Å²) in [5.74, 6) is 5.80. The van der Waals surface area contributed by atoms with Crippen LogP contribution in [-0.2, 0) is 20.4 Å². The molecule has 0 radical (unpaired) electrons. The van der Waals surface area contributed by atoms with Gasteiger partial charge in [0, 0.05) is 11.5 Å². The van der Waals surface area contributed by atoms with E-state index in [9.17, 15) is 13.2 Å². The highest BCUT2D eigenvalue weighted by Crippen LogP contribution is 2.17. The summed E-state index contributed by atoms with van der Waals surface area (Å²) >= 11 is 1.46. The lowest BCUT2D eigenvalue weighted by molar-refractivity contribution is -0.130. The fraction of sp³-hybridized carbons (Fsp3) is 0.286. The van der Waals surface area contributed by atoms with E-state index in [-0.39, 0.29) is 11.5 Å². The minimum absolute atomic E-state index is 0.101. The number of hydroxylamine groups is 1. The summed E-state index contributed by atoms with van der Waals surface area (Å²) in [6.45, 7) is 1.93. The third-order valence-corrected chi connectivity index (χ3v) is 6.66. The topological polar surface area (TPSA) is 105 Å². The van der Waals surface area contributed by atoms with Crippen molar-refractivity contribution in [3.05, 3.63) is 60.2 Å². The average Bonchev–Trinajstić information content (AvgIpc) is 2.77. The van der Waals surface area contributed by atoms with Gasteiger partial charge < -0.3 is 4.74 Å². The second-order valence-corrected chi connectivity index (χ2v) is 9.20. The minimum atomic E-state index is -3.68. The molecule has 0 spiro atoms. The number of hydrogen-bond donors (Lipinski definition) is 3. The van der Waals surface area contributed by atoms with Gasteiger partial charge in [-0.2, -0.15) is 11.8 Å². The predicted molar refractivity (Wildman–Crippen MR) is 117 cm³/mol. The molecule has 0 saturated carbocycles. The van der Waals surface area contributed by atoms with E-state index in [0.29, 0.717) is 17.3 Å². The Kier molecular flexibility index (Phi) is 9.70. The van der Waals surface area contributed by atoms with Gasteiger partial charge in [-0.05, 0) is 36.8 Å². The van der Waals surface area contributed by atoms with Crippen molar-refractivity contribution in [1.29, 1.82) is 0 Å². The summed E-state index contributed by atoms with van der Waals surface area (Å²) in [6.07, 6.45) is 0. The van der Waals surface area contributed by atoms with Gasteiger partial charge in [0.05, 0.1) is 10.9 Å². The molecule has 9 heteroatoms. The lowest BCUT2D eigenvalue weighted by Gasteiger charge is -2.16. The third kappa shape index (κ3) is 7.72. The number of benzene rings is 2. The monoisotopic (exact) mass is 448 g/mol. The first-order valence-electron chi connectivity index (χ1n) is 9.10. The number of thioether (sulfide) groups is 1. The van der Waals surface area contributed by atoms with Crippen LogP contribution in [0.2, 0.25) is 0 Å². The number of hydrogen-bond acceptors (Lipinski definition) is 7. The Hall–Kier alpha value is -2.51. The fourth-order valence-electron chi connectivity index (χ4n) is 2.40. The van der Waals surface area contributed by atoms with Gasteiger partial charge in [0.2, 0.25) is 0 Å². The zero-order valence-electron chi connectivity index (χ0n) is 16.5. The molecule has 3 N–H and O–H groups in total. The van der Waals surface area contributed by atoms with Crippen molar-refractivity contribution in [1.82, 2.24) is 10.8 Å². The molecule has 7 nitrogen and oxygen atoms in total. The number of ether oxygens (including phenoxy) is 1. The summed E-state index contributed by atoms with van der Waals surface area (Å²) in [5, 5.41) is 11.7. The van der Waals surface area contributed by atoms with Crippen LogP contribution in [0.15, 0.2) is 59.5 Å². The Balaban J connectivity index is 1.93. The van der Waals surface area contributed by atoms with E-state index < -0.39 is 27.7 Å². The highest BCUT2D eigenvalue weighted by atomic mass is 32.2. The Bertz CT molecular complexity index is 968. The summed E-state index contributed by atoms with van der Waals surface area (Å²) < 4.78 is 30.5. The normalized spacial score (nSPS) is 11.8. The molecule has 1 amide bonds. The van der Waals surface area contributed by atoms with Crippen LogP contribution in [0.4, 0.5) is 0 Å². The fourth-order valence-corrected chi connectivity index (χ4v) is 4.59. The Labute approximate surface area is 181 Å². The minimum Gasteiger partial charge on any atom is -0.481 e. The Morgan fingerprint density at radius 2 is 1.87 bits per heavy atom. The van der Waals surface area contributed by atoms with Gasteiger partial charge in [-0.3, -0.25) is 15.3 Å². The number of rotatable bonds is 11. The summed E-state index contributed by atoms with van der Waals surface area (Å²) in [5.41, 5.74) is 2.67. The molecule has 2 rings (SSSR count). The molecule has 1 unspecified atom stereocenters. The number of carbonyl (C=O) groups is 1. The van der Waals surface area contributed by atoms with Crippen LogP contribution in [0.5, 0.6) is 5.75 Å². The number of amides is 1. The van der Waals surface area contributed by atoms with Crippen molar-refractivity contribution in [2.45, 2.75) is 23.6 Å². The zero-order valence-corrected chi connectivity index (χ0v) is 18.1. The zero-order chi connectivity index (χ0) is 21.8. The first-order valence-corrected chi connectivity index (χ1v) is 11.9. The lowest BCUT2D eigenvalue weighted by atomic mass is 10.2. The van der Waals surface area contributed by atoms with Gasteiger partial charge >= 0.3 is 0 Å². The quantitative estimate of drug-likeness (QED) is 0.275. The first-order chi connectivity index (χ1) is 14.5. The molecular formula is C21H24N2O5S2. The summed E-state index contributed by atoms with van der Waals surface area (Å²) in [6, 6.07) is 14.8. The highest BCUT2D eigenvalue weighted by Gasteiger charge is 2.22. The largest absolute Gasteiger partial charge is 0.481 e. The second-order valence-electron chi connectivity index (χ2n) is 6.18. The smallest absolute Gasteiger partial charge is 0.261 e. The SMILES string of the molecule is CC#CCOc1ccc(S(=O)(=O)CNC(CSCc2ccccc2)C(=O)NO)cc1. The molecular weight excluding hydrogens is 424 g/mol. The molecule has 30 heavy (non-hydrogen) atoms. The van der Waals surface area contributed by atoms with Gasteiger partial charge in [-0.25, -0.2) is 13.9 Å². The first kappa shape index (κ1) is 23.8. The van der Waals surface area contributed by atoms with Crippen LogP contribution in [-0.4, -0.2) is 43.8 Å². The van der Waals surface area contributed by atoms with Crippen molar-refractivity contribution in [2.24, 2.45) is 0 Å². The van der Waals surface area contributed by atoms with Crippen LogP contribution < -0.4 is 15.5 Å². The van der Waals surface area contributed by atoms with Crippen LogP contribution in [0.1, 0.15) is 12.5 Å². The molecule has 2 aromatic carbocycles. The van der Waals surface area contributed by atoms with Gasteiger partial charge in [-0.1, -0.05) is 36.3 Å². The van der Waals surface area contributed by atoms with E-state index in [1.165, 1.54) is 23.9 Å². The van der Waals surface area contributed by atoms with E-state index in [0.717, 1.165) is 5.56 Å².